The van der Waals surface area contributed by atoms with E-state index in [1.54, 1.807) is 7.11 Å². The minimum atomic E-state index is -0.535. The largest absolute Gasteiger partial charge is 0.371 e. The smallest absolute Gasteiger partial charge is 0.229 e. The molecule has 0 radical (unpaired) electrons. The van der Waals surface area contributed by atoms with Crippen LogP contribution in [-0.2, 0) is 15.1 Å². The van der Waals surface area contributed by atoms with Crippen LogP contribution < -0.4 is 0 Å². The van der Waals surface area contributed by atoms with E-state index >= 15 is 0 Å². The third kappa shape index (κ3) is 2.54. The molecule has 0 aromatic carbocycles. The molecule has 1 aromatic heterocycles. The van der Waals surface area contributed by atoms with E-state index in [4.69, 9.17) is 9.26 Å². The first kappa shape index (κ1) is 12.2. The van der Waals surface area contributed by atoms with E-state index in [0.717, 1.165) is 12.8 Å². The lowest BCUT2D eigenvalue weighted by Crippen LogP contribution is -2.21. The topological polar surface area (TPSA) is 65.2 Å². The van der Waals surface area contributed by atoms with Crippen molar-refractivity contribution in [3.8, 4) is 0 Å². The molecule has 0 amide bonds. The number of methoxy groups -OCH3 is 1. The summed E-state index contributed by atoms with van der Waals surface area (Å²) in [7, 11) is 1.62. The van der Waals surface area contributed by atoms with Crippen molar-refractivity contribution in [3.63, 3.8) is 0 Å². The van der Waals surface area contributed by atoms with Crippen molar-refractivity contribution in [2.75, 3.05) is 7.11 Å². The van der Waals surface area contributed by atoms with E-state index in [2.05, 4.69) is 10.1 Å². The Hall–Kier alpha value is -1.23. The van der Waals surface area contributed by atoms with Crippen LogP contribution in [0.2, 0.25) is 0 Å². The maximum absolute atomic E-state index is 11.2. The molecule has 5 heteroatoms. The molecule has 1 saturated carbocycles. The number of nitrogens with zero attached hydrogens (tertiary/aromatic N) is 2. The lowest BCUT2D eigenvalue weighted by Gasteiger charge is -2.18. The second kappa shape index (κ2) is 4.56. The second-order valence-electron chi connectivity index (χ2n) is 4.98. The Morgan fingerprint density at radius 3 is 2.59 bits per heavy atom. The molecule has 17 heavy (non-hydrogen) atoms. The Morgan fingerprint density at radius 1 is 1.35 bits per heavy atom. The van der Waals surface area contributed by atoms with Crippen molar-refractivity contribution >= 4 is 5.78 Å². The molecule has 0 bridgehead atoms. The molecule has 1 aliphatic carbocycles. The van der Waals surface area contributed by atoms with Gasteiger partial charge in [-0.2, -0.15) is 4.98 Å². The molecule has 94 valence electrons. The van der Waals surface area contributed by atoms with Gasteiger partial charge in [0.25, 0.3) is 0 Å². The Bertz CT molecular complexity index is 402. The number of hydrogen-bond donors (Lipinski definition) is 0. The van der Waals surface area contributed by atoms with E-state index in [9.17, 15) is 4.79 Å². The zero-order valence-corrected chi connectivity index (χ0v) is 10.5. The van der Waals surface area contributed by atoms with Crippen molar-refractivity contribution in [1.29, 1.82) is 0 Å². The van der Waals surface area contributed by atoms with Crippen LogP contribution in [0.1, 0.15) is 57.2 Å². The average Bonchev–Trinajstić information content (AvgIpc) is 2.80. The van der Waals surface area contributed by atoms with Gasteiger partial charge in [-0.25, -0.2) is 0 Å². The number of ether oxygens (including phenoxy) is 1. The predicted molar refractivity (Wildman–Crippen MR) is 60.5 cm³/mol. The number of carbonyl (C=O) groups excluding carboxylic acids is 1. The minimum Gasteiger partial charge on any atom is -0.371 e. The van der Waals surface area contributed by atoms with Gasteiger partial charge < -0.3 is 9.26 Å². The number of aromatic nitrogens is 2. The Morgan fingerprint density at radius 2 is 2.00 bits per heavy atom. The van der Waals surface area contributed by atoms with Gasteiger partial charge in [0.1, 0.15) is 11.4 Å². The molecule has 1 aromatic rings. The molecule has 0 aliphatic heterocycles. The van der Waals surface area contributed by atoms with Crippen LogP contribution >= 0.6 is 0 Å². The summed E-state index contributed by atoms with van der Waals surface area (Å²) in [6.45, 7) is 3.79. The zero-order valence-electron chi connectivity index (χ0n) is 10.5. The molecule has 0 unspecified atom stereocenters. The van der Waals surface area contributed by atoms with Crippen molar-refractivity contribution in [3.05, 3.63) is 11.7 Å². The van der Waals surface area contributed by atoms with E-state index in [1.165, 1.54) is 0 Å². The molecule has 0 atom stereocenters. The summed E-state index contributed by atoms with van der Waals surface area (Å²) < 4.78 is 10.6. The van der Waals surface area contributed by atoms with Gasteiger partial charge in [-0.3, -0.25) is 4.79 Å². The van der Waals surface area contributed by atoms with E-state index < -0.39 is 5.60 Å². The first-order valence-electron chi connectivity index (χ1n) is 5.94. The SMILES string of the molecule is COC(C)(C)c1noc(C2CCC(=O)CC2)n1. The molecule has 2 rings (SSSR count). The highest BCUT2D eigenvalue weighted by molar-refractivity contribution is 5.79. The number of hydrogen-bond acceptors (Lipinski definition) is 5. The standard InChI is InChI=1S/C12H18N2O3/c1-12(2,16-3)11-13-10(17-14-11)8-4-6-9(15)7-5-8/h8H,4-7H2,1-3H3. The van der Waals surface area contributed by atoms with E-state index in [-0.39, 0.29) is 5.92 Å². The maximum Gasteiger partial charge on any atom is 0.229 e. The van der Waals surface area contributed by atoms with Gasteiger partial charge in [-0.05, 0) is 26.7 Å². The molecular formula is C12H18N2O3. The Labute approximate surface area is 101 Å². The van der Waals surface area contributed by atoms with Gasteiger partial charge in [0.05, 0.1) is 0 Å². The molecule has 0 N–H and O–H groups in total. The van der Waals surface area contributed by atoms with Crippen LogP contribution in [0.3, 0.4) is 0 Å². The third-order valence-electron chi connectivity index (χ3n) is 3.38. The van der Waals surface area contributed by atoms with Crippen molar-refractivity contribution < 1.29 is 14.1 Å². The highest BCUT2D eigenvalue weighted by Gasteiger charge is 2.30. The summed E-state index contributed by atoms with van der Waals surface area (Å²) in [6.07, 6.45) is 2.87. The van der Waals surface area contributed by atoms with E-state index in [1.807, 2.05) is 13.8 Å². The fourth-order valence-corrected chi connectivity index (χ4v) is 1.92. The quantitative estimate of drug-likeness (QED) is 0.807. The van der Waals surface area contributed by atoms with Gasteiger partial charge >= 0.3 is 0 Å². The number of ketones is 1. The Kier molecular flexibility index (Phi) is 3.28. The molecule has 0 saturated heterocycles. The van der Waals surface area contributed by atoms with Crippen molar-refractivity contribution in [2.45, 2.75) is 51.0 Å². The van der Waals surface area contributed by atoms with Crippen LogP contribution in [0, 0.1) is 0 Å². The predicted octanol–water partition coefficient (Wildman–Crippen LogP) is 2.18. The normalized spacial score (nSPS) is 18.6. The van der Waals surface area contributed by atoms with Crippen LogP contribution in [0.25, 0.3) is 0 Å². The van der Waals surface area contributed by atoms with Gasteiger partial charge in [0.2, 0.25) is 11.7 Å². The van der Waals surface area contributed by atoms with Gasteiger partial charge in [-0.1, -0.05) is 5.16 Å². The summed E-state index contributed by atoms with van der Waals surface area (Å²) >= 11 is 0. The zero-order chi connectivity index (χ0) is 12.5. The monoisotopic (exact) mass is 238 g/mol. The summed E-state index contributed by atoms with van der Waals surface area (Å²) in [4.78, 5) is 15.6. The van der Waals surface area contributed by atoms with E-state index in [0.29, 0.717) is 30.3 Å². The summed E-state index contributed by atoms with van der Waals surface area (Å²) in [5.74, 6) is 1.75. The van der Waals surface area contributed by atoms with Gasteiger partial charge in [0, 0.05) is 25.9 Å². The molecule has 0 spiro atoms. The molecule has 1 fully saturated rings. The lowest BCUT2D eigenvalue weighted by molar-refractivity contribution is -0.120. The fourth-order valence-electron chi connectivity index (χ4n) is 1.92. The molecular weight excluding hydrogens is 220 g/mol. The fraction of sp³-hybridized carbons (Fsp3) is 0.750. The second-order valence-corrected chi connectivity index (χ2v) is 4.98. The first-order valence-corrected chi connectivity index (χ1v) is 5.94. The third-order valence-corrected chi connectivity index (χ3v) is 3.38. The molecule has 5 nitrogen and oxygen atoms in total. The van der Waals surface area contributed by atoms with Crippen LogP contribution in [0.5, 0.6) is 0 Å². The summed E-state index contributed by atoms with van der Waals surface area (Å²) in [6, 6.07) is 0. The highest BCUT2D eigenvalue weighted by Crippen LogP contribution is 2.31. The number of carbonyl (C=O) groups is 1. The lowest BCUT2D eigenvalue weighted by atomic mass is 9.88. The highest BCUT2D eigenvalue weighted by atomic mass is 16.5. The molecule has 1 aliphatic rings. The van der Waals surface area contributed by atoms with Crippen LogP contribution in [0.4, 0.5) is 0 Å². The molecule has 1 heterocycles. The Balaban J connectivity index is 2.11. The average molecular weight is 238 g/mol. The first-order chi connectivity index (χ1) is 8.03. The van der Waals surface area contributed by atoms with Gasteiger partial charge in [0.15, 0.2) is 0 Å². The van der Waals surface area contributed by atoms with Gasteiger partial charge in [-0.15, -0.1) is 0 Å². The summed E-state index contributed by atoms with van der Waals surface area (Å²) in [5.41, 5.74) is -0.535. The van der Waals surface area contributed by atoms with Crippen molar-refractivity contribution in [1.82, 2.24) is 10.1 Å². The maximum atomic E-state index is 11.2. The number of Topliss-reactive ketones (excluding diaryl/α,β-unsaturated/α-hetero) is 1. The number of rotatable bonds is 3. The van der Waals surface area contributed by atoms with Crippen LogP contribution in [-0.4, -0.2) is 23.0 Å². The summed E-state index contributed by atoms with van der Waals surface area (Å²) in [5, 5.41) is 3.96. The minimum absolute atomic E-state index is 0.224. The van der Waals surface area contributed by atoms with Crippen molar-refractivity contribution in [2.24, 2.45) is 0 Å². The van der Waals surface area contributed by atoms with Crippen LogP contribution in [0.15, 0.2) is 4.52 Å².